The lowest BCUT2D eigenvalue weighted by atomic mass is 10.1. The lowest BCUT2D eigenvalue weighted by molar-refractivity contribution is 0.0950. The van der Waals surface area contributed by atoms with E-state index in [4.69, 9.17) is 14.7 Å². The minimum absolute atomic E-state index is 0.146. The van der Waals surface area contributed by atoms with E-state index in [2.05, 4.69) is 15.2 Å². The van der Waals surface area contributed by atoms with Crippen molar-refractivity contribution < 1.29 is 17.9 Å². The van der Waals surface area contributed by atoms with Gasteiger partial charge >= 0.3 is 0 Å². The summed E-state index contributed by atoms with van der Waals surface area (Å²) >= 11 is 0. The van der Waals surface area contributed by atoms with Crippen molar-refractivity contribution in [3.8, 4) is 11.4 Å². The molecule has 0 spiro atoms. The largest absolute Gasteiger partial charge is 0.383 e. The zero-order chi connectivity index (χ0) is 27.6. The van der Waals surface area contributed by atoms with Crippen LogP contribution in [0, 0.1) is 6.92 Å². The molecule has 5 rings (SSSR count). The number of hydrogen-bond acceptors (Lipinski definition) is 8. The van der Waals surface area contributed by atoms with Crippen molar-refractivity contribution in [3.63, 3.8) is 0 Å². The van der Waals surface area contributed by atoms with Crippen LogP contribution in [-0.2, 0) is 21.1 Å². The predicted octanol–water partition coefficient (Wildman–Crippen LogP) is 3.95. The number of ether oxygens (including phenoxy) is 1. The first-order chi connectivity index (χ1) is 18.7. The number of pyridine rings is 3. The van der Waals surface area contributed by atoms with Crippen LogP contribution in [-0.4, -0.2) is 61.8 Å². The highest BCUT2D eigenvalue weighted by Crippen LogP contribution is 2.27. The van der Waals surface area contributed by atoms with Crippen molar-refractivity contribution in [2.24, 2.45) is 0 Å². The van der Waals surface area contributed by atoms with Gasteiger partial charge in [0.2, 0.25) is 0 Å². The summed E-state index contributed by atoms with van der Waals surface area (Å²) in [5.41, 5.74) is 3.79. The van der Waals surface area contributed by atoms with E-state index in [9.17, 15) is 13.2 Å². The summed E-state index contributed by atoms with van der Waals surface area (Å²) in [5.74, 6) is 0.542. The summed E-state index contributed by atoms with van der Waals surface area (Å²) in [4.78, 5) is 29.4. The molecule has 0 saturated carbocycles. The second kappa shape index (κ2) is 11.1. The standard InChI is InChI=1S/C29H31N5O4S/c1-19-9-10-20(14-27(19)39(3,36)37)29(35)31-17-22-15-26-21(16-30-22)11-12-25(32-26)24-7-4-8-28(33-24)34-13-5-6-23(34)18-38-2/h4,7-12,14-16,23H,5-6,13,17-18H2,1-3H3,(H,31,35)/t23-/m0/s1. The van der Waals surface area contributed by atoms with Gasteiger partial charge in [-0.25, -0.2) is 18.4 Å². The number of carbonyl (C=O) groups is 1. The Morgan fingerprint density at radius 2 is 1.92 bits per heavy atom. The number of sulfone groups is 1. The topological polar surface area (TPSA) is 114 Å². The normalized spacial score (nSPS) is 15.6. The number of nitrogens with one attached hydrogen (secondary N) is 1. The first kappa shape index (κ1) is 26.7. The monoisotopic (exact) mass is 545 g/mol. The smallest absolute Gasteiger partial charge is 0.251 e. The number of benzene rings is 1. The molecule has 1 amide bonds. The molecule has 4 heterocycles. The molecule has 9 nitrogen and oxygen atoms in total. The van der Waals surface area contributed by atoms with Crippen LogP contribution in [0.4, 0.5) is 5.82 Å². The summed E-state index contributed by atoms with van der Waals surface area (Å²) < 4.78 is 29.5. The summed E-state index contributed by atoms with van der Waals surface area (Å²) in [5, 5.41) is 3.70. The second-order valence-electron chi connectivity index (χ2n) is 9.83. The van der Waals surface area contributed by atoms with Gasteiger partial charge in [-0.2, -0.15) is 0 Å². The van der Waals surface area contributed by atoms with E-state index < -0.39 is 9.84 Å². The third-order valence-electron chi connectivity index (χ3n) is 6.94. The lowest BCUT2D eigenvalue weighted by Gasteiger charge is -2.25. The van der Waals surface area contributed by atoms with Crippen molar-refractivity contribution in [2.45, 2.75) is 37.2 Å². The van der Waals surface area contributed by atoms with Crippen LogP contribution in [0.25, 0.3) is 22.3 Å². The summed E-state index contributed by atoms with van der Waals surface area (Å²) in [6.07, 6.45) is 5.06. The van der Waals surface area contributed by atoms with E-state index in [0.717, 1.165) is 53.8 Å². The number of fused-ring (bicyclic) bond motifs is 1. The Kier molecular flexibility index (Phi) is 7.58. The molecule has 202 valence electrons. The second-order valence-corrected chi connectivity index (χ2v) is 11.8. The summed E-state index contributed by atoms with van der Waals surface area (Å²) in [7, 11) is -1.71. The van der Waals surface area contributed by atoms with Gasteiger partial charge in [-0.05, 0) is 67.8 Å². The number of aryl methyl sites for hydroxylation is 1. The van der Waals surface area contributed by atoms with Crippen LogP contribution in [0.5, 0.6) is 0 Å². The molecule has 4 aromatic rings. The number of amides is 1. The van der Waals surface area contributed by atoms with Gasteiger partial charge in [-0.1, -0.05) is 12.1 Å². The maximum atomic E-state index is 12.7. The minimum atomic E-state index is -3.44. The number of methoxy groups -OCH3 is 1. The Morgan fingerprint density at radius 3 is 2.72 bits per heavy atom. The van der Waals surface area contributed by atoms with Crippen LogP contribution in [0.3, 0.4) is 0 Å². The van der Waals surface area contributed by atoms with Crippen LogP contribution >= 0.6 is 0 Å². The zero-order valence-corrected chi connectivity index (χ0v) is 23.0. The molecule has 39 heavy (non-hydrogen) atoms. The van der Waals surface area contributed by atoms with Crippen molar-refractivity contribution in [1.82, 2.24) is 20.3 Å². The predicted molar refractivity (Wildman–Crippen MR) is 150 cm³/mol. The molecule has 0 bridgehead atoms. The number of anilines is 1. The fourth-order valence-corrected chi connectivity index (χ4v) is 5.93. The van der Waals surface area contributed by atoms with E-state index in [1.807, 2.05) is 36.4 Å². The van der Waals surface area contributed by atoms with Crippen molar-refractivity contribution in [1.29, 1.82) is 0 Å². The molecule has 0 unspecified atom stereocenters. The average Bonchev–Trinajstić information content (AvgIpc) is 3.39. The number of rotatable bonds is 8. The maximum Gasteiger partial charge on any atom is 0.251 e. The van der Waals surface area contributed by atoms with E-state index in [0.29, 0.717) is 23.9 Å². The van der Waals surface area contributed by atoms with Crippen LogP contribution < -0.4 is 10.2 Å². The van der Waals surface area contributed by atoms with Gasteiger partial charge in [0.05, 0.1) is 46.7 Å². The summed E-state index contributed by atoms with van der Waals surface area (Å²) in [6, 6.07) is 16.7. The van der Waals surface area contributed by atoms with E-state index in [-0.39, 0.29) is 22.9 Å². The summed E-state index contributed by atoms with van der Waals surface area (Å²) in [6.45, 7) is 3.50. The third-order valence-corrected chi connectivity index (χ3v) is 8.18. The highest BCUT2D eigenvalue weighted by molar-refractivity contribution is 7.90. The molecular formula is C29H31N5O4S. The molecule has 1 saturated heterocycles. The van der Waals surface area contributed by atoms with Gasteiger partial charge in [0.15, 0.2) is 9.84 Å². The first-order valence-electron chi connectivity index (χ1n) is 12.8. The van der Waals surface area contributed by atoms with Gasteiger partial charge in [0.1, 0.15) is 5.82 Å². The molecule has 1 aliphatic rings. The molecule has 0 radical (unpaired) electrons. The van der Waals surface area contributed by atoms with Crippen molar-refractivity contribution in [3.05, 3.63) is 77.6 Å². The molecule has 0 aliphatic carbocycles. The molecular weight excluding hydrogens is 514 g/mol. The van der Waals surface area contributed by atoms with E-state index >= 15 is 0 Å². The molecule has 1 atom stereocenters. The zero-order valence-electron chi connectivity index (χ0n) is 22.2. The Labute approximate surface area is 228 Å². The fourth-order valence-electron chi connectivity index (χ4n) is 4.94. The number of hydrogen-bond donors (Lipinski definition) is 1. The third kappa shape index (κ3) is 5.91. The average molecular weight is 546 g/mol. The molecule has 1 N–H and O–H groups in total. The Bertz CT molecular complexity index is 1640. The molecule has 1 aliphatic heterocycles. The quantitative estimate of drug-likeness (QED) is 0.354. The van der Waals surface area contributed by atoms with Crippen LogP contribution in [0.15, 0.2) is 65.7 Å². The Hall–Kier alpha value is -3.89. The number of carbonyl (C=O) groups excluding carboxylic acids is 1. The van der Waals surface area contributed by atoms with E-state index in [1.54, 1.807) is 32.4 Å². The van der Waals surface area contributed by atoms with Crippen LogP contribution in [0.1, 0.15) is 34.5 Å². The highest BCUT2D eigenvalue weighted by atomic mass is 32.2. The molecule has 1 aromatic carbocycles. The Morgan fingerprint density at radius 1 is 1.10 bits per heavy atom. The number of aromatic nitrogens is 3. The van der Waals surface area contributed by atoms with Gasteiger partial charge in [-0.3, -0.25) is 9.78 Å². The molecule has 1 fully saturated rings. The highest BCUT2D eigenvalue weighted by Gasteiger charge is 2.25. The van der Waals surface area contributed by atoms with Crippen molar-refractivity contribution >= 4 is 32.5 Å². The maximum absolute atomic E-state index is 12.7. The van der Waals surface area contributed by atoms with Crippen LogP contribution in [0.2, 0.25) is 0 Å². The van der Waals surface area contributed by atoms with Gasteiger partial charge in [0, 0.05) is 37.1 Å². The first-order valence-corrected chi connectivity index (χ1v) is 14.7. The SMILES string of the molecule is COC[C@@H]1CCCN1c1cccc(-c2ccc3cnc(CNC(=O)c4ccc(C)c(S(C)(=O)=O)c4)cc3n2)n1. The molecule has 10 heteroatoms. The lowest BCUT2D eigenvalue weighted by Crippen LogP contribution is -2.33. The fraction of sp³-hybridized carbons (Fsp3) is 0.310. The molecule has 3 aromatic heterocycles. The van der Waals surface area contributed by atoms with Crippen molar-refractivity contribution in [2.75, 3.05) is 31.4 Å². The van der Waals surface area contributed by atoms with Gasteiger partial charge in [0.25, 0.3) is 5.91 Å². The number of nitrogens with zero attached hydrogens (tertiary/aromatic N) is 4. The Balaban J connectivity index is 1.34. The van der Waals surface area contributed by atoms with Gasteiger partial charge < -0.3 is 15.0 Å². The van der Waals surface area contributed by atoms with E-state index in [1.165, 1.54) is 6.07 Å². The minimum Gasteiger partial charge on any atom is -0.383 e. The van der Waals surface area contributed by atoms with Gasteiger partial charge in [-0.15, -0.1) is 0 Å².